The Kier molecular flexibility index (Phi) is 3.76. The van der Waals surface area contributed by atoms with E-state index in [0.717, 1.165) is 37.3 Å². The van der Waals surface area contributed by atoms with Crippen LogP contribution in [0, 0.1) is 5.92 Å². The predicted molar refractivity (Wildman–Crippen MR) is 86.5 cm³/mol. The third-order valence-electron chi connectivity index (χ3n) is 4.62. The van der Waals surface area contributed by atoms with Crippen LogP contribution in [0.2, 0.25) is 0 Å². The van der Waals surface area contributed by atoms with E-state index >= 15 is 0 Å². The van der Waals surface area contributed by atoms with E-state index in [9.17, 15) is 4.79 Å². The number of carbonyl (C=O) groups excluding carboxylic acids is 1. The van der Waals surface area contributed by atoms with E-state index in [1.54, 1.807) is 0 Å². The van der Waals surface area contributed by atoms with Crippen LogP contribution in [0.5, 0.6) is 0 Å². The van der Waals surface area contributed by atoms with Crippen molar-refractivity contribution in [2.45, 2.75) is 32.2 Å². The van der Waals surface area contributed by atoms with Gasteiger partial charge in [-0.05, 0) is 50.0 Å². The molecule has 0 radical (unpaired) electrons. The van der Waals surface area contributed by atoms with Crippen LogP contribution in [0.4, 0.5) is 17.1 Å². The van der Waals surface area contributed by atoms with Gasteiger partial charge in [0.05, 0.1) is 11.4 Å². The highest BCUT2D eigenvalue weighted by molar-refractivity contribution is 5.95. The Morgan fingerprint density at radius 3 is 2.95 bits per heavy atom. The molecular weight excluding hydrogens is 264 g/mol. The first-order chi connectivity index (χ1) is 10.0. The minimum atomic E-state index is 0.0755. The summed E-state index contributed by atoms with van der Waals surface area (Å²) in [6, 6.07) is 4.45. The molecule has 3 rings (SSSR count). The molecule has 0 bridgehead atoms. The number of piperidine rings is 1. The van der Waals surface area contributed by atoms with Crippen LogP contribution in [-0.4, -0.2) is 37.0 Å². The summed E-state index contributed by atoms with van der Waals surface area (Å²) in [5.74, 6) is 0.672. The molecule has 5 nitrogen and oxygen atoms in total. The first-order valence-electron chi connectivity index (χ1n) is 7.70. The fourth-order valence-electron chi connectivity index (χ4n) is 3.34. The van der Waals surface area contributed by atoms with Crippen LogP contribution in [0.25, 0.3) is 0 Å². The molecule has 4 N–H and O–H groups in total. The van der Waals surface area contributed by atoms with Crippen molar-refractivity contribution in [2.24, 2.45) is 5.92 Å². The van der Waals surface area contributed by atoms with Gasteiger partial charge in [-0.2, -0.15) is 0 Å². The Morgan fingerprint density at radius 2 is 2.19 bits per heavy atom. The van der Waals surface area contributed by atoms with E-state index in [0.29, 0.717) is 24.1 Å². The molecule has 2 atom stereocenters. The molecule has 2 aliphatic heterocycles. The number of nitrogens with zero attached hydrogens (tertiary/aromatic N) is 1. The lowest BCUT2D eigenvalue weighted by Crippen LogP contribution is -2.43. The van der Waals surface area contributed by atoms with E-state index < -0.39 is 0 Å². The van der Waals surface area contributed by atoms with Crippen LogP contribution >= 0.6 is 0 Å². The number of nitrogens with one attached hydrogen (secondary N) is 2. The molecule has 114 valence electrons. The van der Waals surface area contributed by atoms with E-state index in [1.165, 1.54) is 5.56 Å². The van der Waals surface area contributed by atoms with Gasteiger partial charge >= 0.3 is 0 Å². The molecule has 21 heavy (non-hydrogen) atoms. The van der Waals surface area contributed by atoms with Gasteiger partial charge in [-0.3, -0.25) is 4.79 Å². The van der Waals surface area contributed by atoms with Gasteiger partial charge in [-0.1, -0.05) is 6.92 Å². The fourth-order valence-corrected chi connectivity index (χ4v) is 3.34. The number of nitrogen functional groups attached to an aromatic ring is 1. The van der Waals surface area contributed by atoms with E-state index in [4.69, 9.17) is 5.73 Å². The second-order valence-electron chi connectivity index (χ2n) is 6.42. The Morgan fingerprint density at radius 1 is 1.38 bits per heavy atom. The monoisotopic (exact) mass is 288 g/mol. The lowest BCUT2D eigenvalue weighted by molar-refractivity contribution is -0.116. The summed E-state index contributed by atoms with van der Waals surface area (Å²) in [7, 11) is 2.17. The van der Waals surface area contributed by atoms with Crippen molar-refractivity contribution in [3.05, 3.63) is 17.7 Å². The Hall–Kier alpha value is -1.75. The smallest absolute Gasteiger partial charge is 0.224 e. The number of hydrogen-bond donors (Lipinski definition) is 3. The molecule has 1 amide bonds. The summed E-state index contributed by atoms with van der Waals surface area (Å²) in [6.45, 7) is 4.50. The molecule has 2 heterocycles. The molecule has 0 aliphatic carbocycles. The van der Waals surface area contributed by atoms with Crippen molar-refractivity contribution in [1.82, 2.24) is 4.90 Å². The maximum Gasteiger partial charge on any atom is 0.224 e. The Balaban J connectivity index is 1.78. The number of anilines is 3. The largest absolute Gasteiger partial charge is 0.397 e. The average molecular weight is 288 g/mol. The summed E-state index contributed by atoms with van der Waals surface area (Å²) in [4.78, 5) is 13.8. The SMILES string of the molecule is CC1CN(C)CCC1Nc1cc2c(cc1N)NC(=O)CC2. The molecule has 2 aliphatic rings. The van der Waals surface area contributed by atoms with E-state index in [1.807, 2.05) is 6.07 Å². The Bertz CT molecular complexity index is 557. The summed E-state index contributed by atoms with van der Waals surface area (Å²) < 4.78 is 0. The molecule has 0 spiro atoms. The van der Waals surface area contributed by atoms with E-state index in [2.05, 4.69) is 35.6 Å². The van der Waals surface area contributed by atoms with Crippen LogP contribution in [0.3, 0.4) is 0 Å². The number of fused-ring (bicyclic) bond motifs is 1. The van der Waals surface area contributed by atoms with Crippen molar-refractivity contribution in [3.63, 3.8) is 0 Å². The van der Waals surface area contributed by atoms with Gasteiger partial charge in [-0.25, -0.2) is 0 Å². The lowest BCUT2D eigenvalue weighted by atomic mass is 9.93. The van der Waals surface area contributed by atoms with E-state index in [-0.39, 0.29) is 5.91 Å². The van der Waals surface area contributed by atoms with Gasteiger partial charge in [-0.15, -0.1) is 0 Å². The topological polar surface area (TPSA) is 70.4 Å². The maximum atomic E-state index is 11.4. The predicted octanol–water partition coefficient (Wildman–Crippen LogP) is 1.91. The molecule has 0 aromatic heterocycles. The highest BCUT2D eigenvalue weighted by atomic mass is 16.1. The summed E-state index contributed by atoms with van der Waals surface area (Å²) in [5.41, 5.74) is 9.91. The van der Waals surface area contributed by atoms with Gasteiger partial charge in [0, 0.05) is 24.7 Å². The first-order valence-corrected chi connectivity index (χ1v) is 7.70. The number of rotatable bonds is 2. The average Bonchev–Trinajstić information content (AvgIpc) is 2.42. The van der Waals surface area contributed by atoms with Crippen molar-refractivity contribution in [3.8, 4) is 0 Å². The molecule has 0 saturated carbocycles. The standard InChI is InChI=1S/C16H24N4O/c1-10-9-20(2)6-5-13(10)18-15-7-11-3-4-16(21)19-14(11)8-12(15)17/h7-8,10,13,18H,3-6,9,17H2,1-2H3,(H,19,21). The minimum Gasteiger partial charge on any atom is -0.397 e. The highest BCUT2D eigenvalue weighted by Crippen LogP contribution is 2.32. The highest BCUT2D eigenvalue weighted by Gasteiger charge is 2.25. The zero-order valence-electron chi connectivity index (χ0n) is 12.8. The summed E-state index contributed by atoms with van der Waals surface area (Å²) in [6.07, 6.45) is 2.48. The molecule has 1 aromatic carbocycles. The third kappa shape index (κ3) is 2.97. The quantitative estimate of drug-likeness (QED) is 0.727. The molecule has 1 saturated heterocycles. The summed E-state index contributed by atoms with van der Waals surface area (Å²) in [5, 5.41) is 6.51. The maximum absolute atomic E-state index is 11.4. The second kappa shape index (κ2) is 5.56. The van der Waals surface area contributed by atoms with Gasteiger partial charge in [0.1, 0.15) is 0 Å². The van der Waals surface area contributed by atoms with Crippen molar-refractivity contribution in [2.75, 3.05) is 36.5 Å². The zero-order valence-corrected chi connectivity index (χ0v) is 12.8. The number of hydrogen-bond acceptors (Lipinski definition) is 4. The Labute approximate surface area is 125 Å². The molecule has 1 aromatic rings. The number of carbonyl (C=O) groups is 1. The number of benzene rings is 1. The van der Waals surface area contributed by atoms with Crippen LogP contribution < -0.4 is 16.4 Å². The second-order valence-corrected chi connectivity index (χ2v) is 6.42. The van der Waals surface area contributed by atoms with Crippen LogP contribution in [0.1, 0.15) is 25.3 Å². The molecule has 2 unspecified atom stereocenters. The van der Waals surface area contributed by atoms with Gasteiger partial charge in [0.15, 0.2) is 0 Å². The fraction of sp³-hybridized carbons (Fsp3) is 0.562. The summed E-state index contributed by atoms with van der Waals surface area (Å²) >= 11 is 0. The molecule has 1 fully saturated rings. The van der Waals surface area contributed by atoms with Crippen molar-refractivity contribution < 1.29 is 4.79 Å². The van der Waals surface area contributed by atoms with Crippen LogP contribution in [0.15, 0.2) is 12.1 Å². The third-order valence-corrected chi connectivity index (χ3v) is 4.62. The first kappa shape index (κ1) is 14.2. The van der Waals surface area contributed by atoms with Crippen molar-refractivity contribution >= 4 is 23.0 Å². The molecular formula is C16H24N4O. The van der Waals surface area contributed by atoms with Crippen LogP contribution in [-0.2, 0) is 11.2 Å². The zero-order chi connectivity index (χ0) is 15.0. The number of aryl methyl sites for hydroxylation is 1. The minimum absolute atomic E-state index is 0.0755. The molecule has 5 heteroatoms. The van der Waals surface area contributed by atoms with Gasteiger partial charge in [0.25, 0.3) is 0 Å². The number of likely N-dealkylation sites (tertiary alicyclic amines) is 1. The normalized spacial score (nSPS) is 26.1. The number of nitrogens with two attached hydrogens (primary N) is 1. The van der Waals surface area contributed by atoms with Gasteiger partial charge in [0.2, 0.25) is 5.91 Å². The van der Waals surface area contributed by atoms with Gasteiger partial charge < -0.3 is 21.3 Å². The van der Waals surface area contributed by atoms with Crippen molar-refractivity contribution in [1.29, 1.82) is 0 Å². The lowest BCUT2D eigenvalue weighted by Gasteiger charge is -2.36. The number of amides is 1.